The van der Waals surface area contributed by atoms with Crippen molar-refractivity contribution in [2.75, 3.05) is 7.05 Å². The minimum absolute atomic E-state index is 1.07. The lowest BCUT2D eigenvalue weighted by molar-refractivity contribution is 1.12. The summed E-state index contributed by atoms with van der Waals surface area (Å²) in [6, 6.07) is 6.56. The van der Waals surface area contributed by atoms with Gasteiger partial charge in [0.15, 0.2) is 0 Å². The Bertz CT molecular complexity index is 324. The molecule has 70 valence electrons. The molecule has 0 radical (unpaired) electrons. The highest BCUT2D eigenvalue weighted by Crippen LogP contribution is 2.13. The highest BCUT2D eigenvalue weighted by molar-refractivity contribution is 6.00. The second-order valence-electron chi connectivity index (χ2n) is 3.32. The van der Waals surface area contributed by atoms with Crippen molar-refractivity contribution in [1.82, 2.24) is 0 Å². The molecule has 1 aromatic carbocycles. The van der Waals surface area contributed by atoms with Crippen LogP contribution in [0.5, 0.6) is 0 Å². The molecule has 13 heavy (non-hydrogen) atoms. The van der Waals surface area contributed by atoms with Crippen LogP contribution in [-0.2, 0) is 6.42 Å². The molecule has 0 saturated carbocycles. The normalized spacial score (nSPS) is 11.8. The Kier molecular flexibility index (Phi) is 3.24. The minimum Gasteiger partial charge on any atom is -0.293 e. The molecular formula is C12H17N. The molecule has 0 saturated heterocycles. The van der Waals surface area contributed by atoms with Crippen LogP contribution >= 0.6 is 0 Å². The second-order valence-corrected chi connectivity index (χ2v) is 3.32. The van der Waals surface area contributed by atoms with Crippen LogP contribution in [0.15, 0.2) is 23.2 Å². The predicted molar refractivity (Wildman–Crippen MR) is 58.7 cm³/mol. The van der Waals surface area contributed by atoms with Crippen LogP contribution in [0.25, 0.3) is 0 Å². The van der Waals surface area contributed by atoms with E-state index in [9.17, 15) is 0 Å². The van der Waals surface area contributed by atoms with Gasteiger partial charge < -0.3 is 0 Å². The van der Waals surface area contributed by atoms with Crippen molar-refractivity contribution in [2.24, 2.45) is 4.99 Å². The van der Waals surface area contributed by atoms with Crippen molar-refractivity contribution in [1.29, 1.82) is 0 Å². The Morgan fingerprint density at radius 2 is 2.08 bits per heavy atom. The van der Waals surface area contributed by atoms with Crippen LogP contribution in [0.2, 0.25) is 0 Å². The van der Waals surface area contributed by atoms with Gasteiger partial charge in [0.1, 0.15) is 0 Å². The third-order valence-corrected chi connectivity index (χ3v) is 2.37. The standard InChI is InChI=1S/C12H17N/c1-5-11-7-6-9(2)8-12(11)10(3)13-4/h6-8H,5H2,1-4H3. The topological polar surface area (TPSA) is 12.4 Å². The molecule has 1 aromatic rings. The molecule has 0 N–H and O–H groups in total. The fourth-order valence-corrected chi connectivity index (χ4v) is 1.46. The van der Waals surface area contributed by atoms with E-state index in [-0.39, 0.29) is 0 Å². The van der Waals surface area contributed by atoms with E-state index in [0.29, 0.717) is 0 Å². The molecular weight excluding hydrogens is 158 g/mol. The van der Waals surface area contributed by atoms with Gasteiger partial charge in [-0.05, 0) is 37.5 Å². The summed E-state index contributed by atoms with van der Waals surface area (Å²) >= 11 is 0. The zero-order chi connectivity index (χ0) is 9.84. The number of benzene rings is 1. The van der Waals surface area contributed by atoms with Crippen molar-refractivity contribution < 1.29 is 0 Å². The van der Waals surface area contributed by atoms with Gasteiger partial charge in [-0.2, -0.15) is 0 Å². The molecule has 0 fully saturated rings. The van der Waals surface area contributed by atoms with Gasteiger partial charge in [-0.25, -0.2) is 0 Å². The molecule has 0 aliphatic heterocycles. The van der Waals surface area contributed by atoms with Gasteiger partial charge in [0.05, 0.1) is 0 Å². The van der Waals surface area contributed by atoms with Crippen LogP contribution in [0, 0.1) is 6.92 Å². The molecule has 0 aliphatic rings. The number of aliphatic imine (C=N–C) groups is 1. The zero-order valence-corrected chi connectivity index (χ0v) is 8.89. The average molecular weight is 175 g/mol. The molecule has 0 spiro atoms. The number of nitrogens with zero attached hydrogens (tertiary/aromatic N) is 1. The SMILES string of the molecule is CCc1ccc(C)cc1C(C)=NC. The van der Waals surface area contributed by atoms with Crippen LogP contribution in [0.3, 0.4) is 0 Å². The maximum absolute atomic E-state index is 4.23. The van der Waals surface area contributed by atoms with Crippen molar-refractivity contribution in [3.8, 4) is 0 Å². The Balaban J connectivity index is 3.23. The Morgan fingerprint density at radius 1 is 1.38 bits per heavy atom. The van der Waals surface area contributed by atoms with Crippen LogP contribution < -0.4 is 0 Å². The van der Waals surface area contributed by atoms with Gasteiger partial charge in [0.25, 0.3) is 0 Å². The van der Waals surface area contributed by atoms with E-state index < -0.39 is 0 Å². The molecule has 1 heteroatoms. The number of hydrogen-bond acceptors (Lipinski definition) is 1. The lowest BCUT2D eigenvalue weighted by atomic mass is 9.99. The van der Waals surface area contributed by atoms with Gasteiger partial charge in [-0.15, -0.1) is 0 Å². The Labute approximate surface area is 80.5 Å². The largest absolute Gasteiger partial charge is 0.293 e. The summed E-state index contributed by atoms with van der Waals surface area (Å²) in [5.74, 6) is 0. The molecule has 0 aromatic heterocycles. The molecule has 0 heterocycles. The van der Waals surface area contributed by atoms with E-state index in [1.54, 1.807) is 0 Å². The third-order valence-electron chi connectivity index (χ3n) is 2.37. The van der Waals surface area contributed by atoms with Gasteiger partial charge in [-0.3, -0.25) is 4.99 Å². The van der Waals surface area contributed by atoms with Crippen LogP contribution in [0.4, 0.5) is 0 Å². The van der Waals surface area contributed by atoms with E-state index in [1.165, 1.54) is 16.7 Å². The first-order valence-electron chi connectivity index (χ1n) is 4.72. The first kappa shape index (κ1) is 9.97. The first-order valence-corrected chi connectivity index (χ1v) is 4.72. The molecule has 0 unspecified atom stereocenters. The first-order chi connectivity index (χ1) is 6.19. The van der Waals surface area contributed by atoms with Crippen molar-refractivity contribution in [3.63, 3.8) is 0 Å². The van der Waals surface area contributed by atoms with E-state index in [1.807, 2.05) is 7.05 Å². The van der Waals surface area contributed by atoms with Crippen molar-refractivity contribution in [3.05, 3.63) is 34.9 Å². The van der Waals surface area contributed by atoms with E-state index in [0.717, 1.165) is 12.1 Å². The molecule has 0 bridgehead atoms. The highest BCUT2D eigenvalue weighted by atomic mass is 14.7. The summed E-state index contributed by atoms with van der Waals surface area (Å²) in [5, 5.41) is 0. The fraction of sp³-hybridized carbons (Fsp3) is 0.417. The van der Waals surface area contributed by atoms with Gasteiger partial charge >= 0.3 is 0 Å². The van der Waals surface area contributed by atoms with E-state index in [4.69, 9.17) is 0 Å². The zero-order valence-electron chi connectivity index (χ0n) is 8.89. The maximum atomic E-state index is 4.23. The Morgan fingerprint density at radius 3 is 2.62 bits per heavy atom. The van der Waals surface area contributed by atoms with Crippen LogP contribution in [-0.4, -0.2) is 12.8 Å². The monoisotopic (exact) mass is 175 g/mol. The summed E-state index contributed by atoms with van der Waals surface area (Å²) < 4.78 is 0. The average Bonchev–Trinajstić information content (AvgIpc) is 2.16. The number of rotatable bonds is 2. The fourth-order valence-electron chi connectivity index (χ4n) is 1.46. The minimum atomic E-state index is 1.07. The lowest BCUT2D eigenvalue weighted by Gasteiger charge is -2.07. The molecule has 0 aliphatic carbocycles. The quantitative estimate of drug-likeness (QED) is 0.613. The van der Waals surface area contributed by atoms with E-state index >= 15 is 0 Å². The predicted octanol–water partition coefficient (Wildman–Crippen LogP) is 3.00. The van der Waals surface area contributed by atoms with Gasteiger partial charge in [0, 0.05) is 12.8 Å². The van der Waals surface area contributed by atoms with Crippen molar-refractivity contribution in [2.45, 2.75) is 27.2 Å². The number of hydrogen-bond donors (Lipinski definition) is 0. The third kappa shape index (κ3) is 2.18. The summed E-state index contributed by atoms with van der Waals surface area (Å²) in [5.41, 5.74) is 5.11. The maximum Gasteiger partial charge on any atom is 0.0389 e. The number of aryl methyl sites for hydroxylation is 2. The summed E-state index contributed by atoms with van der Waals surface area (Å²) in [4.78, 5) is 4.23. The van der Waals surface area contributed by atoms with Crippen LogP contribution in [0.1, 0.15) is 30.5 Å². The van der Waals surface area contributed by atoms with E-state index in [2.05, 4.69) is 44.0 Å². The lowest BCUT2D eigenvalue weighted by Crippen LogP contribution is -2.00. The second kappa shape index (κ2) is 4.22. The molecule has 0 atom stereocenters. The smallest absolute Gasteiger partial charge is 0.0389 e. The summed E-state index contributed by atoms with van der Waals surface area (Å²) in [6.45, 7) is 6.36. The molecule has 0 amide bonds. The highest BCUT2D eigenvalue weighted by Gasteiger charge is 2.02. The molecule has 1 rings (SSSR count). The van der Waals surface area contributed by atoms with Crippen molar-refractivity contribution >= 4 is 5.71 Å². The summed E-state index contributed by atoms with van der Waals surface area (Å²) in [6.07, 6.45) is 1.07. The Hall–Kier alpha value is -1.11. The molecule has 1 nitrogen and oxygen atoms in total. The summed E-state index contributed by atoms with van der Waals surface area (Å²) in [7, 11) is 1.84. The van der Waals surface area contributed by atoms with Gasteiger partial charge in [-0.1, -0.05) is 24.6 Å². The van der Waals surface area contributed by atoms with Gasteiger partial charge in [0.2, 0.25) is 0 Å².